The van der Waals surface area contributed by atoms with Crippen molar-refractivity contribution in [3.63, 3.8) is 0 Å². The molecule has 0 radical (unpaired) electrons. The average Bonchev–Trinajstić information content (AvgIpc) is 3.43. The summed E-state index contributed by atoms with van der Waals surface area (Å²) >= 11 is 1.50. The summed E-state index contributed by atoms with van der Waals surface area (Å²) in [4.78, 5) is 28.9. The van der Waals surface area contributed by atoms with Crippen LogP contribution < -0.4 is 14.8 Å². The molecule has 152 valence electrons. The average molecular weight is 421 g/mol. The van der Waals surface area contributed by atoms with E-state index in [0.29, 0.717) is 17.3 Å². The molecule has 3 aromatic heterocycles. The quantitative estimate of drug-likeness (QED) is 0.483. The smallest absolute Gasteiger partial charge is 0.222 e. The number of hydrogen-bond acceptors (Lipinski definition) is 7. The summed E-state index contributed by atoms with van der Waals surface area (Å²) in [5.74, 6) is 2.28. The van der Waals surface area contributed by atoms with E-state index >= 15 is 0 Å². The summed E-state index contributed by atoms with van der Waals surface area (Å²) < 4.78 is 10.8. The number of nitrogens with one attached hydrogen (secondary N) is 2. The molecule has 9 heteroatoms. The number of thiazole rings is 1. The highest BCUT2D eigenvalue weighted by Crippen LogP contribution is 2.41. The maximum Gasteiger partial charge on any atom is 0.222 e. The molecule has 0 bridgehead atoms. The molecular formula is C21H19N5O3S. The summed E-state index contributed by atoms with van der Waals surface area (Å²) in [6, 6.07) is 9.32. The maximum absolute atomic E-state index is 11.4. The van der Waals surface area contributed by atoms with Crippen LogP contribution in [0, 0.1) is 0 Å². The number of aromatic nitrogens is 4. The molecule has 8 nitrogen and oxygen atoms in total. The number of anilines is 1. The SMILES string of the molecule is COc1ccc(-c2nc(-c3ccnc(NC(C)=O)c3)sc2-c2ncc[nH]2)cc1OC. The van der Waals surface area contributed by atoms with Crippen molar-refractivity contribution in [1.29, 1.82) is 0 Å². The van der Waals surface area contributed by atoms with Crippen LogP contribution in [0.2, 0.25) is 0 Å². The Morgan fingerprint density at radius 1 is 1.03 bits per heavy atom. The molecule has 1 aromatic carbocycles. The Kier molecular flexibility index (Phi) is 5.44. The molecule has 0 unspecified atom stereocenters. The molecule has 4 rings (SSSR count). The van der Waals surface area contributed by atoms with Gasteiger partial charge in [0.2, 0.25) is 5.91 Å². The second-order valence-electron chi connectivity index (χ2n) is 6.32. The van der Waals surface area contributed by atoms with Crippen molar-refractivity contribution in [2.45, 2.75) is 6.92 Å². The number of methoxy groups -OCH3 is 2. The van der Waals surface area contributed by atoms with Crippen LogP contribution in [0.5, 0.6) is 11.5 Å². The zero-order chi connectivity index (χ0) is 21.1. The lowest BCUT2D eigenvalue weighted by molar-refractivity contribution is -0.114. The van der Waals surface area contributed by atoms with Crippen molar-refractivity contribution in [2.24, 2.45) is 0 Å². The fraction of sp³-hybridized carbons (Fsp3) is 0.143. The highest BCUT2D eigenvalue weighted by molar-refractivity contribution is 7.18. The molecule has 2 N–H and O–H groups in total. The molecule has 4 aromatic rings. The number of benzene rings is 1. The van der Waals surface area contributed by atoms with E-state index in [2.05, 4.69) is 20.3 Å². The summed E-state index contributed by atoms with van der Waals surface area (Å²) in [5, 5.41) is 3.48. The van der Waals surface area contributed by atoms with E-state index in [1.807, 2.05) is 24.3 Å². The molecule has 0 aliphatic carbocycles. The number of carbonyl (C=O) groups excluding carboxylic acids is 1. The number of ether oxygens (including phenoxy) is 2. The lowest BCUT2D eigenvalue weighted by Gasteiger charge is -2.09. The van der Waals surface area contributed by atoms with Gasteiger partial charge in [0.1, 0.15) is 16.6 Å². The standard InChI is InChI=1S/C21H19N5O3S/c1-12(27)25-17-11-14(6-7-22-17)21-26-18(19(30-21)20-23-8-9-24-20)13-4-5-15(28-2)16(10-13)29-3/h4-11H,1-3H3,(H,23,24)(H,22,25,27). The summed E-state index contributed by atoms with van der Waals surface area (Å²) in [6.07, 6.45) is 5.12. The zero-order valence-electron chi connectivity index (χ0n) is 16.6. The first-order valence-electron chi connectivity index (χ1n) is 9.06. The van der Waals surface area contributed by atoms with E-state index in [9.17, 15) is 4.79 Å². The van der Waals surface area contributed by atoms with Gasteiger partial charge < -0.3 is 19.8 Å². The van der Waals surface area contributed by atoms with Crippen molar-refractivity contribution in [1.82, 2.24) is 19.9 Å². The largest absolute Gasteiger partial charge is 0.493 e. The van der Waals surface area contributed by atoms with E-state index < -0.39 is 0 Å². The highest BCUT2D eigenvalue weighted by atomic mass is 32.1. The molecule has 0 atom stereocenters. The van der Waals surface area contributed by atoms with Gasteiger partial charge in [0.25, 0.3) is 0 Å². The third kappa shape index (κ3) is 3.87. The van der Waals surface area contributed by atoms with Gasteiger partial charge in [-0.1, -0.05) is 0 Å². The van der Waals surface area contributed by atoms with Gasteiger partial charge in [-0.05, 0) is 30.3 Å². The number of aromatic amines is 1. The first-order chi connectivity index (χ1) is 14.6. The summed E-state index contributed by atoms with van der Waals surface area (Å²) in [6.45, 7) is 1.45. The van der Waals surface area contributed by atoms with Crippen LogP contribution in [0.25, 0.3) is 32.5 Å². The van der Waals surface area contributed by atoms with Crippen LogP contribution in [-0.2, 0) is 4.79 Å². The third-order valence-corrected chi connectivity index (χ3v) is 5.42. The van der Waals surface area contributed by atoms with Crippen LogP contribution in [-0.4, -0.2) is 40.1 Å². The molecule has 30 heavy (non-hydrogen) atoms. The first kappa shape index (κ1) is 19.6. The van der Waals surface area contributed by atoms with Crippen molar-refractivity contribution in [2.75, 3.05) is 19.5 Å². The van der Waals surface area contributed by atoms with E-state index in [0.717, 1.165) is 32.5 Å². The molecule has 0 aliphatic rings. The fourth-order valence-corrected chi connectivity index (χ4v) is 4.03. The van der Waals surface area contributed by atoms with Gasteiger partial charge in [-0.2, -0.15) is 0 Å². The van der Waals surface area contributed by atoms with Gasteiger partial charge in [-0.3, -0.25) is 4.79 Å². The van der Waals surface area contributed by atoms with E-state index in [1.165, 1.54) is 18.3 Å². The van der Waals surface area contributed by atoms with Gasteiger partial charge in [0.05, 0.1) is 24.8 Å². The monoisotopic (exact) mass is 421 g/mol. The molecular weight excluding hydrogens is 402 g/mol. The van der Waals surface area contributed by atoms with Crippen LogP contribution >= 0.6 is 11.3 Å². The minimum Gasteiger partial charge on any atom is -0.493 e. The second kappa shape index (κ2) is 8.34. The third-order valence-electron chi connectivity index (χ3n) is 4.31. The van der Waals surface area contributed by atoms with Crippen LogP contribution in [0.15, 0.2) is 48.9 Å². The van der Waals surface area contributed by atoms with E-state index in [-0.39, 0.29) is 5.91 Å². The number of amides is 1. The number of carbonyl (C=O) groups is 1. The minimum atomic E-state index is -0.180. The molecule has 1 amide bonds. The minimum absolute atomic E-state index is 0.180. The molecule has 0 spiro atoms. The van der Waals surface area contributed by atoms with Gasteiger partial charge >= 0.3 is 0 Å². The van der Waals surface area contributed by atoms with E-state index in [1.54, 1.807) is 38.9 Å². The Bertz CT molecular complexity index is 1190. The van der Waals surface area contributed by atoms with Crippen LogP contribution in [0.4, 0.5) is 5.82 Å². The number of nitrogens with zero attached hydrogens (tertiary/aromatic N) is 3. The van der Waals surface area contributed by atoms with Gasteiger partial charge in [-0.25, -0.2) is 15.0 Å². The second-order valence-corrected chi connectivity index (χ2v) is 7.31. The van der Waals surface area contributed by atoms with Gasteiger partial charge in [-0.15, -0.1) is 11.3 Å². The normalized spacial score (nSPS) is 10.6. The lowest BCUT2D eigenvalue weighted by atomic mass is 10.1. The predicted octanol–water partition coefficient (Wildman–Crippen LogP) is 4.24. The van der Waals surface area contributed by atoms with Crippen molar-refractivity contribution in [3.8, 4) is 44.0 Å². The van der Waals surface area contributed by atoms with Gasteiger partial charge in [0, 0.05) is 36.6 Å². The Labute approximate surface area is 177 Å². The Balaban J connectivity index is 1.84. The molecule has 0 saturated carbocycles. The maximum atomic E-state index is 11.4. The summed E-state index contributed by atoms with van der Waals surface area (Å²) in [5.41, 5.74) is 2.49. The summed E-state index contributed by atoms with van der Waals surface area (Å²) in [7, 11) is 3.20. The van der Waals surface area contributed by atoms with E-state index in [4.69, 9.17) is 14.5 Å². The Morgan fingerprint density at radius 3 is 2.57 bits per heavy atom. The lowest BCUT2D eigenvalue weighted by Crippen LogP contribution is -2.07. The number of pyridine rings is 1. The number of imidazole rings is 1. The van der Waals surface area contributed by atoms with Crippen LogP contribution in [0.3, 0.4) is 0 Å². The zero-order valence-corrected chi connectivity index (χ0v) is 17.4. The number of H-pyrrole nitrogens is 1. The highest BCUT2D eigenvalue weighted by Gasteiger charge is 2.19. The first-order valence-corrected chi connectivity index (χ1v) is 9.87. The molecule has 0 aliphatic heterocycles. The topological polar surface area (TPSA) is 102 Å². The number of rotatable bonds is 6. The Hall–Kier alpha value is -3.72. The number of hydrogen-bond donors (Lipinski definition) is 2. The van der Waals surface area contributed by atoms with Crippen molar-refractivity contribution >= 4 is 23.1 Å². The molecule has 3 heterocycles. The van der Waals surface area contributed by atoms with Gasteiger partial charge in [0.15, 0.2) is 11.5 Å². The van der Waals surface area contributed by atoms with Crippen LogP contribution in [0.1, 0.15) is 6.92 Å². The fourth-order valence-electron chi connectivity index (χ4n) is 2.99. The van der Waals surface area contributed by atoms with Crippen molar-refractivity contribution < 1.29 is 14.3 Å². The Morgan fingerprint density at radius 2 is 1.87 bits per heavy atom. The molecule has 0 fully saturated rings. The predicted molar refractivity (Wildman–Crippen MR) is 116 cm³/mol. The molecule has 0 saturated heterocycles. The van der Waals surface area contributed by atoms with Crippen molar-refractivity contribution in [3.05, 3.63) is 48.9 Å².